The van der Waals surface area contributed by atoms with E-state index in [0.717, 1.165) is 31.5 Å². The SMILES string of the molecule is CC1CN2CCCC2CN1S(=O)(=O)c1ccc(CO)cc1. The van der Waals surface area contributed by atoms with Gasteiger partial charge >= 0.3 is 0 Å². The second-order valence-electron chi connectivity index (χ2n) is 6.02. The topological polar surface area (TPSA) is 60.9 Å². The van der Waals surface area contributed by atoms with E-state index in [1.165, 1.54) is 0 Å². The van der Waals surface area contributed by atoms with Crippen molar-refractivity contribution in [2.75, 3.05) is 19.6 Å². The first-order valence-corrected chi connectivity index (χ1v) is 8.92. The molecule has 1 aromatic rings. The van der Waals surface area contributed by atoms with Crippen molar-refractivity contribution in [3.8, 4) is 0 Å². The van der Waals surface area contributed by atoms with E-state index >= 15 is 0 Å². The molecule has 2 heterocycles. The Morgan fingerprint density at radius 2 is 1.95 bits per heavy atom. The first kappa shape index (κ1) is 15.0. The van der Waals surface area contributed by atoms with Gasteiger partial charge < -0.3 is 5.11 Å². The van der Waals surface area contributed by atoms with Crippen LogP contribution in [-0.2, 0) is 16.6 Å². The maximum atomic E-state index is 12.8. The lowest BCUT2D eigenvalue weighted by Gasteiger charge is -2.41. The van der Waals surface area contributed by atoms with Gasteiger partial charge in [0.05, 0.1) is 11.5 Å². The number of hydrogen-bond acceptors (Lipinski definition) is 4. The summed E-state index contributed by atoms with van der Waals surface area (Å²) in [7, 11) is -3.45. The zero-order valence-corrected chi connectivity index (χ0v) is 13.1. The monoisotopic (exact) mass is 310 g/mol. The number of fused-ring (bicyclic) bond motifs is 1. The molecule has 2 aliphatic heterocycles. The van der Waals surface area contributed by atoms with E-state index in [2.05, 4.69) is 4.90 Å². The highest BCUT2D eigenvalue weighted by molar-refractivity contribution is 7.89. The minimum Gasteiger partial charge on any atom is -0.392 e. The number of hydrogen-bond donors (Lipinski definition) is 1. The predicted molar refractivity (Wildman–Crippen MR) is 80.3 cm³/mol. The van der Waals surface area contributed by atoms with Gasteiger partial charge in [0.25, 0.3) is 0 Å². The van der Waals surface area contributed by atoms with Crippen LogP contribution < -0.4 is 0 Å². The Labute approximate surface area is 126 Å². The van der Waals surface area contributed by atoms with Gasteiger partial charge in [-0.1, -0.05) is 12.1 Å². The van der Waals surface area contributed by atoms with Crippen LogP contribution in [0.1, 0.15) is 25.3 Å². The first-order chi connectivity index (χ1) is 10.0. The normalized spacial score (nSPS) is 27.7. The fraction of sp³-hybridized carbons (Fsp3) is 0.600. The van der Waals surface area contributed by atoms with Crippen molar-refractivity contribution in [2.45, 2.75) is 43.4 Å². The van der Waals surface area contributed by atoms with Crippen LogP contribution in [-0.4, -0.2) is 54.4 Å². The molecule has 2 atom stereocenters. The summed E-state index contributed by atoms with van der Waals surface area (Å²) >= 11 is 0. The molecule has 2 saturated heterocycles. The van der Waals surface area contributed by atoms with Gasteiger partial charge in [0.15, 0.2) is 0 Å². The molecule has 21 heavy (non-hydrogen) atoms. The zero-order valence-electron chi connectivity index (χ0n) is 12.3. The third-order valence-corrected chi connectivity index (χ3v) is 6.59. The molecule has 0 spiro atoms. The van der Waals surface area contributed by atoms with Gasteiger partial charge in [0.1, 0.15) is 0 Å². The lowest BCUT2D eigenvalue weighted by Crippen LogP contribution is -2.56. The predicted octanol–water partition coefficient (Wildman–Crippen LogP) is 1.04. The largest absolute Gasteiger partial charge is 0.392 e. The smallest absolute Gasteiger partial charge is 0.243 e. The maximum Gasteiger partial charge on any atom is 0.243 e. The van der Waals surface area contributed by atoms with Gasteiger partial charge in [0.2, 0.25) is 10.0 Å². The van der Waals surface area contributed by atoms with Gasteiger partial charge in [-0.15, -0.1) is 0 Å². The van der Waals surface area contributed by atoms with E-state index in [1.54, 1.807) is 28.6 Å². The van der Waals surface area contributed by atoms with Crippen LogP contribution >= 0.6 is 0 Å². The molecule has 0 aromatic heterocycles. The molecule has 1 aromatic carbocycles. The van der Waals surface area contributed by atoms with Gasteiger partial charge in [-0.3, -0.25) is 4.90 Å². The van der Waals surface area contributed by atoms with Crippen LogP contribution in [0.5, 0.6) is 0 Å². The average Bonchev–Trinajstić information content (AvgIpc) is 2.93. The molecule has 0 bridgehead atoms. The lowest BCUT2D eigenvalue weighted by atomic mass is 10.1. The zero-order chi connectivity index (χ0) is 15.0. The average molecular weight is 310 g/mol. The molecular weight excluding hydrogens is 288 g/mol. The highest BCUT2D eigenvalue weighted by atomic mass is 32.2. The Kier molecular flexibility index (Phi) is 4.05. The van der Waals surface area contributed by atoms with Gasteiger partial charge in [-0.25, -0.2) is 8.42 Å². The van der Waals surface area contributed by atoms with Gasteiger partial charge in [-0.2, -0.15) is 4.31 Å². The molecule has 2 fully saturated rings. The Morgan fingerprint density at radius 3 is 2.62 bits per heavy atom. The van der Waals surface area contributed by atoms with E-state index in [-0.39, 0.29) is 12.6 Å². The summed E-state index contributed by atoms with van der Waals surface area (Å²) in [6, 6.07) is 6.89. The van der Waals surface area contributed by atoms with Crippen LogP contribution in [0.3, 0.4) is 0 Å². The molecule has 5 nitrogen and oxygen atoms in total. The molecule has 2 aliphatic rings. The van der Waals surface area contributed by atoms with E-state index in [9.17, 15) is 8.42 Å². The van der Waals surface area contributed by atoms with E-state index < -0.39 is 10.0 Å². The fourth-order valence-corrected chi connectivity index (χ4v) is 5.06. The van der Waals surface area contributed by atoms with Crippen molar-refractivity contribution in [1.82, 2.24) is 9.21 Å². The summed E-state index contributed by atoms with van der Waals surface area (Å²) in [5.41, 5.74) is 0.725. The standard InChI is InChI=1S/C15H22N2O3S/c1-12-9-16-8-2-3-14(16)10-17(12)21(19,20)15-6-4-13(11-18)5-7-15/h4-7,12,14,18H,2-3,8-11H2,1H3. The molecule has 116 valence electrons. The van der Waals surface area contributed by atoms with Crippen molar-refractivity contribution in [3.05, 3.63) is 29.8 Å². The Bertz CT molecular complexity index is 600. The van der Waals surface area contributed by atoms with Crippen LogP contribution in [0.2, 0.25) is 0 Å². The minimum atomic E-state index is -3.45. The van der Waals surface area contributed by atoms with Crippen molar-refractivity contribution in [3.63, 3.8) is 0 Å². The van der Waals surface area contributed by atoms with Crippen LogP contribution in [0, 0.1) is 0 Å². The van der Waals surface area contributed by atoms with Gasteiger partial charge in [0, 0.05) is 25.2 Å². The van der Waals surface area contributed by atoms with Gasteiger partial charge in [-0.05, 0) is 44.0 Å². The summed E-state index contributed by atoms with van der Waals surface area (Å²) < 4.78 is 27.3. The van der Waals surface area contributed by atoms with Crippen LogP contribution in [0.4, 0.5) is 0 Å². The number of sulfonamides is 1. The third-order valence-electron chi connectivity index (χ3n) is 4.59. The Balaban J connectivity index is 1.86. The Hall–Kier alpha value is -0.950. The first-order valence-electron chi connectivity index (χ1n) is 7.48. The second-order valence-corrected chi connectivity index (χ2v) is 7.91. The summed E-state index contributed by atoms with van der Waals surface area (Å²) in [5.74, 6) is 0. The third kappa shape index (κ3) is 2.73. The Morgan fingerprint density at radius 1 is 1.24 bits per heavy atom. The number of aliphatic hydroxyl groups is 1. The molecule has 0 amide bonds. The summed E-state index contributed by atoms with van der Waals surface area (Å²) in [6.45, 7) is 4.41. The molecule has 0 saturated carbocycles. The second kappa shape index (κ2) is 5.68. The van der Waals surface area contributed by atoms with Crippen LogP contribution in [0.15, 0.2) is 29.2 Å². The highest BCUT2D eigenvalue weighted by Gasteiger charge is 2.40. The molecule has 6 heteroatoms. The number of rotatable bonds is 3. The van der Waals surface area contributed by atoms with Crippen molar-refractivity contribution < 1.29 is 13.5 Å². The van der Waals surface area contributed by atoms with Crippen LogP contribution in [0.25, 0.3) is 0 Å². The number of nitrogens with zero attached hydrogens (tertiary/aromatic N) is 2. The van der Waals surface area contributed by atoms with E-state index in [4.69, 9.17) is 5.11 Å². The summed E-state index contributed by atoms with van der Waals surface area (Å²) in [6.07, 6.45) is 2.25. The number of piperazine rings is 1. The molecule has 0 aliphatic carbocycles. The summed E-state index contributed by atoms with van der Waals surface area (Å²) in [4.78, 5) is 2.73. The minimum absolute atomic E-state index is 0.00173. The quantitative estimate of drug-likeness (QED) is 0.906. The van der Waals surface area contributed by atoms with Crippen molar-refractivity contribution in [1.29, 1.82) is 0 Å². The van der Waals surface area contributed by atoms with Crippen molar-refractivity contribution >= 4 is 10.0 Å². The highest BCUT2D eigenvalue weighted by Crippen LogP contribution is 2.29. The van der Waals surface area contributed by atoms with E-state index in [0.29, 0.717) is 17.5 Å². The maximum absolute atomic E-state index is 12.8. The molecule has 1 N–H and O–H groups in total. The summed E-state index contributed by atoms with van der Waals surface area (Å²) in [5, 5.41) is 9.06. The fourth-order valence-electron chi connectivity index (χ4n) is 3.40. The molecule has 3 rings (SSSR count). The van der Waals surface area contributed by atoms with Crippen molar-refractivity contribution in [2.24, 2.45) is 0 Å². The molecular formula is C15H22N2O3S. The number of benzene rings is 1. The van der Waals surface area contributed by atoms with E-state index in [1.807, 2.05) is 6.92 Å². The molecule has 2 unspecified atom stereocenters. The molecule has 0 radical (unpaired) electrons. The lowest BCUT2D eigenvalue weighted by molar-refractivity contribution is 0.117. The number of aliphatic hydroxyl groups excluding tert-OH is 1.